The summed E-state index contributed by atoms with van der Waals surface area (Å²) >= 11 is 0. The lowest BCUT2D eigenvalue weighted by Crippen LogP contribution is -2.34. The van der Waals surface area contributed by atoms with Crippen LogP contribution in [0.1, 0.15) is 0 Å². The van der Waals surface area contributed by atoms with Crippen LogP contribution in [0.15, 0.2) is 54.6 Å². The minimum absolute atomic E-state index is 0.0335. The molecule has 2 aromatic carbocycles. The first-order valence-electron chi connectivity index (χ1n) is 6.40. The van der Waals surface area contributed by atoms with Crippen molar-refractivity contribution in [3.63, 3.8) is 0 Å². The van der Waals surface area contributed by atoms with Gasteiger partial charge in [0.25, 0.3) is 0 Å². The summed E-state index contributed by atoms with van der Waals surface area (Å²) in [6.07, 6.45) is 0. The molecule has 2 N–H and O–H groups in total. The summed E-state index contributed by atoms with van der Waals surface area (Å²) in [6.45, 7) is 0.524. The summed E-state index contributed by atoms with van der Waals surface area (Å²) in [5.74, 6) is 0.813. The van der Waals surface area contributed by atoms with Crippen LogP contribution in [-0.2, 0) is 0 Å². The molecule has 0 aliphatic rings. The number of nitrogens with one attached hydrogen (secondary N) is 1. The Balaban J connectivity index is 1.99. The Kier molecular flexibility index (Phi) is 4.95. The SMILES string of the molecule is CNC(CO)COc1ccc(-c2ccccc2)cc1. The fourth-order valence-corrected chi connectivity index (χ4v) is 1.80. The number of rotatable bonds is 6. The topological polar surface area (TPSA) is 41.5 Å². The van der Waals surface area contributed by atoms with Crippen molar-refractivity contribution in [1.29, 1.82) is 0 Å². The molecule has 2 rings (SSSR count). The van der Waals surface area contributed by atoms with Crippen LogP contribution in [0.4, 0.5) is 0 Å². The van der Waals surface area contributed by atoms with E-state index in [1.807, 2.05) is 49.5 Å². The zero-order valence-electron chi connectivity index (χ0n) is 11.0. The zero-order valence-corrected chi connectivity index (χ0v) is 11.0. The van der Waals surface area contributed by atoms with Gasteiger partial charge in [-0.1, -0.05) is 42.5 Å². The number of aliphatic hydroxyl groups excluding tert-OH is 1. The van der Waals surface area contributed by atoms with E-state index in [0.717, 1.165) is 5.75 Å². The monoisotopic (exact) mass is 257 g/mol. The van der Waals surface area contributed by atoms with Crippen molar-refractivity contribution in [3.8, 4) is 16.9 Å². The molecule has 0 bridgehead atoms. The van der Waals surface area contributed by atoms with Crippen LogP contribution >= 0.6 is 0 Å². The van der Waals surface area contributed by atoms with Crippen molar-refractivity contribution in [2.45, 2.75) is 6.04 Å². The quantitative estimate of drug-likeness (QED) is 0.834. The van der Waals surface area contributed by atoms with Crippen molar-refractivity contribution >= 4 is 0 Å². The lowest BCUT2D eigenvalue weighted by Gasteiger charge is -2.14. The van der Waals surface area contributed by atoms with Gasteiger partial charge < -0.3 is 15.2 Å². The molecule has 0 fully saturated rings. The molecule has 1 atom stereocenters. The molecular formula is C16H19NO2. The third-order valence-electron chi connectivity index (χ3n) is 3.04. The molecule has 0 aliphatic heterocycles. The van der Waals surface area contributed by atoms with Gasteiger partial charge in [0, 0.05) is 0 Å². The maximum absolute atomic E-state index is 9.05. The lowest BCUT2D eigenvalue weighted by molar-refractivity contribution is 0.189. The smallest absolute Gasteiger partial charge is 0.119 e. The molecule has 0 aliphatic carbocycles. The highest BCUT2D eigenvalue weighted by molar-refractivity contribution is 5.63. The Labute approximate surface area is 113 Å². The van der Waals surface area contributed by atoms with Gasteiger partial charge in [-0.15, -0.1) is 0 Å². The van der Waals surface area contributed by atoms with Crippen LogP contribution in [0.25, 0.3) is 11.1 Å². The molecule has 0 saturated carbocycles. The summed E-state index contributed by atoms with van der Waals surface area (Å²) in [7, 11) is 1.81. The summed E-state index contributed by atoms with van der Waals surface area (Å²) in [5, 5.41) is 12.0. The molecule has 100 valence electrons. The van der Waals surface area contributed by atoms with E-state index in [1.165, 1.54) is 11.1 Å². The molecular weight excluding hydrogens is 238 g/mol. The molecule has 1 unspecified atom stereocenters. The standard InChI is InChI=1S/C16H19NO2/c1-17-15(11-18)12-19-16-9-7-14(8-10-16)13-5-3-2-4-6-13/h2-10,15,17-18H,11-12H2,1H3. The van der Waals surface area contributed by atoms with Crippen molar-refractivity contribution in [2.24, 2.45) is 0 Å². The Hall–Kier alpha value is -1.84. The first-order chi connectivity index (χ1) is 9.33. The number of likely N-dealkylation sites (N-methyl/N-ethyl adjacent to an activating group) is 1. The number of aliphatic hydroxyl groups is 1. The second-order valence-corrected chi connectivity index (χ2v) is 4.37. The van der Waals surface area contributed by atoms with Gasteiger partial charge >= 0.3 is 0 Å². The van der Waals surface area contributed by atoms with E-state index in [2.05, 4.69) is 17.4 Å². The van der Waals surface area contributed by atoms with Crippen LogP contribution < -0.4 is 10.1 Å². The molecule has 0 aromatic heterocycles. The zero-order chi connectivity index (χ0) is 13.5. The summed E-state index contributed by atoms with van der Waals surface area (Å²) in [4.78, 5) is 0. The summed E-state index contributed by atoms with van der Waals surface area (Å²) in [6, 6.07) is 18.2. The van der Waals surface area contributed by atoms with Gasteiger partial charge in [-0.2, -0.15) is 0 Å². The highest BCUT2D eigenvalue weighted by atomic mass is 16.5. The fraction of sp³-hybridized carbons (Fsp3) is 0.250. The van der Waals surface area contributed by atoms with E-state index in [-0.39, 0.29) is 12.6 Å². The maximum atomic E-state index is 9.05. The highest BCUT2D eigenvalue weighted by Gasteiger charge is 2.05. The Bertz CT molecular complexity index is 478. The van der Waals surface area contributed by atoms with Gasteiger partial charge in [0.1, 0.15) is 12.4 Å². The van der Waals surface area contributed by atoms with Crippen LogP contribution in [0, 0.1) is 0 Å². The third kappa shape index (κ3) is 3.81. The fourth-order valence-electron chi connectivity index (χ4n) is 1.80. The highest BCUT2D eigenvalue weighted by Crippen LogP contribution is 2.21. The van der Waals surface area contributed by atoms with Gasteiger partial charge in [-0.3, -0.25) is 0 Å². The molecule has 0 spiro atoms. The minimum Gasteiger partial charge on any atom is -0.492 e. The van der Waals surface area contributed by atoms with Crippen molar-refractivity contribution < 1.29 is 9.84 Å². The average molecular weight is 257 g/mol. The van der Waals surface area contributed by atoms with E-state index in [0.29, 0.717) is 6.61 Å². The van der Waals surface area contributed by atoms with Crippen molar-refractivity contribution in [2.75, 3.05) is 20.3 Å². The van der Waals surface area contributed by atoms with Gasteiger partial charge in [-0.25, -0.2) is 0 Å². The normalized spacial score (nSPS) is 12.1. The number of benzene rings is 2. The third-order valence-corrected chi connectivity index (χ3v) is 3.04. The molecule has 19 heavy (non-hydrogen) atoms. The summed E-state index contributed by atoms with van der Waals surface area (Å²) in [5.41, 5.74) is 2.36. The van der Waals surface area contributed by atoms with Gasteiger partial charge in [-0.05, 0) is 30.3 Å². The largest absolute Gasteiger partial charge is 0.492 e. The van der Waals surface area contributed by atoms with Crippen LogP contribution in [0.2, 0.25) is 0 Å². The Morgan fingerprint density at radius 1 is 1.00 bits per heavy atom. The first kappa shape index (κ1) is 13.6. The predicted molar refractivity (Wildman–Crippen MR) is 77.3 cm³/mol. The van der Waals surface area contributed by atoms with E-state index < -0.39 is 0 Å². The van der Waals surface area contributed by atoms with E-state index in [1.54, 1.807) is 0 Å². The van der Waals surface area contributed by atoms with Crippen LogP contribution in [-0.4, -0.2) is 31.4 Å². The number of hydrogen-bond acceptors (Lipinski definition) is 3. The van der Waals surface area contributed by atoms with Crippen LogP contribution in [0.3, 0.4) is 0 Å². The molecule has 0 amide bonds. The molecule has 0 saturated heterocycles. The minimum atomic E-state index is -0.0335. The Morgan fingerprint density at radius 2 is 1.63 bits per heavy atom. The molecule has 3 nitrogen and oxygen atoms in total. The number of hydrogen-bond donors (Lipinski definition) is 2. The molecule has 0 heterocycles. The Morgan fingerprint density at radius 3 is 2.21 bits per heavy atom. The van der Waals surface area contributed by atoms with E-state index in [9.17, 15) is 0 Å². The summed E-state index contributed by atoms with van der Waals surface area (Å²) < 4.78 is 5.62. The molecule has 3 heteroatoms. The van der Waals surface area contributed by atoms with Gasteiger partial charge in [0.2, 0.25) is 0 Å². The molecule has 2 aromatic rings. The molecule has 0 radical (unpaired) electrons. The van der Waals surface area contributed by atoms with E-state index in [4.69, 9.17) is 9.84 Å². The lowest BCUT2D eigenvalue weighted by atomic mass is 10.1. The van der Waals surface area contributed by atoms with Crippen LogP contribution in [0.5, 0.6) is 5.75 Å². The van der Waals surface area contributed by atoms with E-state index >= 15 is 0 Å². The average Bonchev–Trinajstić information content (AvgIpc) is 2.50. The first-order valence-corrected chi connectivity index (χ1v) is 6.40. The maximum Gasteiger partial charge on any atom is 0.119 e. The van der Waals surface area contributed by atoms with Crippen molar-refractivity contribution in [1.82, 2.24) is 5.32 Å². The van der Waals surface area contributed by atoms with Gasteiger partial charge in [0.05, 0.1) is 12.6 Å². The van der Waals surface area contributed by atoms with Crippen molar-refractivity contribution in [3.05, 3.63) is 54.6 Å². The number of ether oxygens (including phenoxy) is 1. The second kappa shape index (κ2) is 6.92. The van der Waals surface area contributed by atoms with Gasteiger partial charge in [0.15, 0.2) is 0 Å². The predicted octanol–water partition coefficient (Wildman–Crippen LogP) is 2.31. The second-order valence-electron chi connectivity index (χ2n) is 4.37.